The van der Waals surface area contributed by atoms with Gasteiger partial charge in [-0.3, -0.25) is 19.5 Å². The molecule has 1 saturated heterocycles. The van der Waals surface area contributed by atoms with Crippen LogP contribution in [0, 0.1) is 0 Å². The van der Waals surface area contributed by atoms with Crippen molar-refractivity contribution in [3.05, 3.63) is 75.9 Å². The zero-order valence-corrected chi connectivity index (χ0v) is 16.6. The molecule has 0 bridgehead atoms. The van der Waals surface area contributed by atoms with Gasteiger partial charge >= 0.3 is 0 Å². The summed E-state index contributed by atoms with van der Waals surface area (Å²) in [5.41, 5.74) is 1.60. The molecule has 30 heavy (non-hydrogen) atoms. The van der Waals surface area contributed by atoms with E-state index >= 15 is 0 Å². The molecule has 4 heterocycles. The molecule has 0 N–H and O–H groups in total. The van der Waals surface area contributed by atoms with Crippen LogP contribution in [0.15, 0.2) is 58.0 Å². The molecule has 5 rings (SSSR count). The van der Waals surface area contributed by atoms with E-state index in [1.807, 2.05) is 18.2 Å². The zero-order chi connectivity index (χ0) is 20.5. The maximum absolute atomic E-state index is 13.3. The molecule has 7 nitrogen and oxygen atoms in total. The zero-order valence-electron chi connectivity index (χ0n) is 16.6. The lowest BCUT2D eigenvalue weighted by Gasteiger charge is -2.29. The number of carbonyl (C=O) groups is 1. The first-order valence-corrected chi connectivity index (χ1v) is 10.3. The monoisotopic (exact) mass is 405 g/mol. The topological polar surface area (TPSA) is 75.9 Å². The summed E-state index contributed by atoms with van der Waals surface area (Å²) >= 11 is 0. The highest BCUT2D eigenvalue weighted by molar-refractivity contribution is 5.99. The van der Waals surface area contributed by atoms with Crippen LogP contribution in [0.5, 0.6) is 0 Å². The second-order valence-corrected chi connectivity index (χ2v) is 7.66. The highest BCUT2D eigenvalue weighted by atomic mass is 16.5. The van der Waals surface area contributed by atoms with Crippen molar-refractivity contribution in [1.29, 1.82) is 0 Å². The summed E-state index contributed by atoms with van der Waals surface area (Å²) in [5, 5.41) is 0.498. The number of ether oxygens (including phenoxy) is 1. The Kier molecular flexibility index (Phi) is 5.06. The minimum Gasteiger partial charge on any atom is -0.450 e. The van der Waals surface area contributed by atoms with Crippen molar-refractivity contribution >= 4 is 16.9 Å². The van der Waals surface area contributed by atoms with E-state index in [1.165, 1.54) is 0 Å². The Labute approximate surface area is 173 Å². The van der Waals surface area contributed by atoms with Crippen molar-refractivity contribution in [2.45, 2.75) is 12.5 Å². The third kappa shape index (κ3) is 3.30. The van der Waals surface area contributed by atoms with Crippen LogP contribution >= 0.6 is 0 Å². The van der Waals surface area contributed by atoms with E-state index in [0.717, 1.165) is 44.8 Å². The number of amides is 1. The number of benzene rings is 1. The molecule has 0 spiro atoms. The van der Waals surface area contributed by atoms with Gasteiger partial charge in [0.1, 0.15) is 5.58 Å². The Morgan fingerprint density at radius 3 is 2.57 bits per heavy atom. The molecule has 0 radical (unpaired) electrons. The summed E-state index contributed by atoms with van der Waals surface area (Å²) < 4.78 is 11.3. The lowest BCUT2D eigenvalue weighted by molar-refractivity contribution is 0.0353. The molecule has 0 saturated carbocycles. The standard InChI is InChI=1S/C23H23N3O4/c27-21-17-4-1-2-5-18(17)30-22-19(21)20(16-6-8-24-9-7-16)26(23(22)28)11-3-10-25-12-14-29-15-13-25/h1-2,4-9,20H,3,10-15H2/t20-/m0/s1. The molecule has 2 aliphatic heterocycles. The first kappa shape index (κ1) is 19.0. The number of fused-ring (bicyclic) bond motifs is 2. The van der Waals surface area contributed by atoms with Gasteiger partial charge in [-0.15, -0.1) is 0 Å². The van der Waals surface area contributed by atoms with Gasteiger partial charge < -0.3 is 14.1 Å². The lowest BCUT2D eigenvalue weighted by atomic mass is 9.99. The number of morpholine rings is 1. The van der Waals surface area contributed by atoms with E-state index in [2.05, 4.69) is 9.88 Å². The second kappa shape index (κ2) is 8.01. The summed E-state index contributed by atoms with van der Waals surface area (Å²) in [5.74, 6) is -0.0662. The van der Waals surface area contributed by atoms with Crippen LogP contribution in [-0.4, -0.2) is 60.1 Å². The van der Waals surface area contributed by atoms with Crippen LogP contribution in [-0.2, 0) is 4.74 Å². The van der Waals surface area contributed by atoms with Gasteiger partial charge in [-0.1, -0.05) is 12.1 Å². The Morgan fingerprint density at radius 1 is 1.00 bits per heavy atom. The van der Waals surface area contributed by atoms with E-state index in [-0.39, 0.29) is 17.1 Å². The Hall–Kier alpha value is -3.03. The van der Waals surface area contributed by atoms with Gasteiger partial charge in [-0.25, -0.2) is 0 Å². The molecule has 1 atom stereocenters. The van der Waals surface area contributed by atoms with E-state index in [9.17, 15) is 9.59 Å². The number of rotatable bonds is 5. The number of pyridine rings is 1. The van der Waals surface area contributed by atoms with E-state index in [4.69, 9.17) is 9.15 Å². The first-order chi connectivity index (χ1) is 14.7. The van der Waals surface area contributed by atoms with Gasteiger partial charge in [0.05, 0.1) is 30.2 Å². The third-order valence-corrected chi connectivity index (χ3v) is 5.87. The highest BCUT2D eigenvalue weighted by Gasteiger charge is 2.42. The van der Waals surface area contributed by atoms with Crippen LogP contribution in [0.4, 0.5) is 0 Å². The summed E-state index contributed by atoms with van der Waals surface area (Å²) in [7, 11) is 0. The molecule has 154 valence electrons. The Morgan fingerprint density at radius 2 is 1.77 bits per heavy atom. The summed E-state index contributed by atoms with van der Waals surface area (Å²) in [6.45, 7) is 4.75. The number of carbonyl (C=O) groups excluding carboxylic acids is 1. The van der Waals surface area contributed by atoms with Gasteiger partial charge in [0.2, 0.25) is 5.76 Å². The Bertz CT molecular complexity index is 1120. The SMILES string of the molecule is O=C1c2oc3ccccc3c(=O)c2[C@H](c2ccncc2)N1CCCN1CCOCC1. The fourth-order valence-corrected chi connectivity index (χ4v) is 4.38. The van der Waals surface area contributed by atoms with Gasteiger partial charge in [-0.05, 0) is 36.2 Å². The normalized spacial score (nSPS) is 19.4. The van der Waals surface area contributed by atoms with Gasteiger partial charge in [0.15, 0.2) is 5.43 Å². The van der Waals surface area contributed by atoms with Crippen molar-refractivity contribution in [2.24, 2.45) is 0 Å². The predicted molar refractivity (Wildman–Crippen MR) is 111 cm³/mol. The number of hydrogen-bond donors (Lipinski definition) is 0. The molecule has 0 aliphatic carbocycles. The van der Waals surface area contributed by atoms with Crippen molar-refractivity contribution in [3.63, 3.8) is 0 Å². The number of hydrogen-bond acceptors (Lipinski definition) is 6. The molecule has 0 unspecified atom stereocenters. The molecular formula is C23H23N3O4. The lowest BCUT2D eigenvalue weighted by Crippen LogP contribution is -2.38. The average molecular weight is 405 g/mol. The van der Waals surface area contributed by atoms with E-state index in [1.54, 1.807) is 35.5 Å². The number of aromatic nitrogens is 1. The minimum absolute atomic E-state index is 0.141. The molecule has 7 heteroatoms. The molecule has 1 aromatic carbocycles. The third-order valence-electron chi connectivity index (χ3n) is 5.87. The average Bonchev–Trinajstić information content (AvgIpc) is 3.07. The minimum atomic E-state index is -0.457. The van der Waals surface area contributed by atoms with Crippen LogP contribution in [0.3, 0.4) is 0 Å². The summed E-state index contributed by atoms with van der Waals surface area (Å²) in [4.78, 5) is 34.8. The van der Waals surface area contributed by atoms with Crippen LogP contribution in [0.25, 0.3) is 11.0 Å². The first-order valence-electron chi connectivity index (χ1n) is 10.3. The summed E-state index contributed by atoms with van der Waals surface area (Å²) in [6, 6.07) is 10.3. The molecular weight excluding hydrogens is 382 g/mol. The molecule has 2 aliphatic rings. The fourth-order valence-electron chi connectivity index (χ4n) is 4.38. The largest absolute Gasteiger partial charge is 0.450 e. The predicted octanol–water partition coefficient (Wildman–Crippen LogP) is 2.46. The number of para-hydroxylation sites is 1. The number of nitrogens with zero attached hydrogens (tertiary/aromatic N) is 3. The highest BCUT2D eigenvalue weighted by Crippen LogP contribution is 2.37. The van der Waals surface area contributed by atoms with Gasteiger partial charge in [0, 0.05) is 38.6 Å². The van der Waals surface area contributed by atoms with Crippen molar-refractivity contribution < 1.29 is 13.9 Å². The molecule has 3 aromatic rings. The van der Waals surface area contributed by atoms with Crippen molar-refractivity contribution in [1.82, 2.24) is 14.8 Å². The van der Waals surface area contributed by atoms with E-state index in [0.29, 0.717) is 23.1 Å². The molecule has 2 aromatic heterocycles. The van der Waals surface area contributed by atoms with Gasteiger partial charge in [0.25, 0.3) is 5.91 Å². The summed E-state index contributed by atoms with van der Waals surface area (Å²) in [6.07, 6.45) is 4.19. The van der Waals surface area contributed by atoms with Crippen LogP contribution in [0.1, 0.15) is 34.1 Å². The van der Waals surface area contributed by atoms with Crippen LogP contribution in [0.2, 0.25) is 0 Å². The maximum atomic E-state index is 13.3. The molecule has 1 amide bonds. The van der Waals surface area contributed by atoms with Gasteiger partial charge in [-0.2, -0.15) is 0 Å². The Balaban J connectivity index is 1.51. The maximum Gasteiger partial charge on any atom is 0.290 e. The van der Waals surface area contributed by atoms with Crippen molar-refractivity contribution in [2.75, 3.05) is 39.4 Å². The van der Waals surface area contributed by atoms with E-state index < -0.39 is 6.04 Å². The van der Waals surface area contributed by atoms with Crippen molar-refractivity contribution in [3.8, 4) is 0 Å². The fraction of sp³-hybridized carbons (Fsp3) is 0.348. The quantitative estimate of drug-likeness (QED) is 0.649. The molecule has 1 fully saturated rings. The smallest absolute Gasteiger partial charge is 0.290 e. The second-order valence-electron chi connectivity index (χ2n) is 7.66. The van der Waals surface area contributed by atoms with Crippen LogP contribution < -0.4 is 5.43 Å².